The fourth-order valence-electron chi connectivity index (χ4n) is 2.49. The third-order valence-corrected chi connectivity index (χ3v) is 3.66. The highest BCUT2D eigenvalue weighted by molar-refractivity contribution is 5.21. The SMILES string of the molecule is CCCCCN(C(C)C)C(CN)c1ccc(OC)nc1. The van der Waals surface area contributed by atoms with Crippen LogP contribution in [0, 0.1) is 0 Å². The summed E-state index contributed by atoms with van der Waals surface area (Å²) in [5.41, 5.74) is 7.18. The van der Waals surface area contributed by atoms with E-state index >= 15 is 0 Å². The van der Waals surface area contributed by atoms with Gasteiger partial charge in [-0.1, -0.05) is 25.8 Å². The summed E-state index contributed by atoms with van der Waals surface area (Å²) in [6.45, 7) is 8.38. The number of nitrogens with zero attached hydrogens (tertiary/aromatic N) is 2. The van der Waals surface area contributed by atoms with Crippen LogP contribution in [0.1, 0.15) is 51.6 Å². The molecule has 0 amide bonds. The molecule has 1 rings (SSSR count). The maximum absolute atomic E-state index is 6.02. The monoisotopic (exact) mass is 279 g/mol. The van der Waals surface area contributed by atoms with Crippen LogP contribution in [0.15, 0.2) is 18.3 Å². The molecule has 4 nitrogen and oxygen atoms in total. The second-order valence-corrected chi connectivity index (χ2v) is 5.42. The number of hydrogen-bond donors (Lipinski definition) is 1. The summed E-state index contributed by atoms with van der Waals surface area (Å²) in [5.74, 6) is 0.645. The minimum Gasteiger partial charge on any atom is -0.481 e. The van der Waals surface area contributed by atoms with E-state index in [1.165, 1.54) is 24.8 Å². The van der Waals surface area contributed by atoms with Crippen LogP contribution in [0.4, 0.5) is 0 Å². The molecule has 0 aromatic carbocycles. The molecule has 0 fully saturated rings. The van der Waals surface area contributed by atoms with Crippen LogP contribution in [0.3, 0.4) is 0 Å². The van der Waals surface area contributed by atoms with Gasteiger partial charge in [-0.25, -0.2) is 4.98 Å². The molecule has 1 aromatic heterocycles. The molecule has 0 radical (unpaired) electrons. The van der Waals surface area contributed by atoms with Crippen molar-refractivity contribution in [3.05, 3.63) is 23.9 Å². The molecular weight excluding hydrogens is 250 g/mol. The highest BCUT2D eigenvalue weighted by Gasteiger charge is 2.21. The standard InChI is InChI=1S/C16H29N3O/c1-5-6-7-10-19(13(2)3)15(11-17)14-8-9-16(20-4)18-12-14/h8-9,12-13,15H,5-7,10-11,17H2,1-4H3. The maximum atomic E-state index is 6.02. The summed E-state index contributed by atoms with van der Waals surface area (Å²) in [5, 5.41) is 0. The molecule has 4 heteroatoms. The summed E-state index contributed by atoms with van der Waals surface area (Å²) in [6.07, 6.45) is 5.60. The Morgan fingerprint density at radius 3 is 2.50 bits per heavy atom. The van der Waals surface area contributed by atoms with Crippen molar-refractivity contribution < 1.29 is 4.74 Å². The predicted molar refractivity (Wildman–Crippen MR) is 84.0 cm³/mol. The molecule has 1 unspecified atom stereocenters. The second-order valence-electron chi connectivity index (χ2n) is 5.42. The first-order chi connectivity index (χ1) is 9.63. The molecule has 0 saturated carbocycles. The van der Waals surface area contributed by atoms with Crippen molar-refractivity contribution in [2.45, 2.75) is 52.1 Å². The first-order valence-corrected chi connectivity index (χ1v) is 7.59. The number of pyridine rings is 1. The molecule has 114 valence electrons. The summed E-state index contributed by atoms with van der Waals surface area (Å²) in [7, 11) is 1.63. The number of methoxy groups -OCH3 is 1. The Kier molecular flexibility index (Phi) is 7.55. The average molecular weight is 279 g/mol. The van der Waals surface area contributed by atoms with Gasteiger partial charge in [0.05, 0.1) is 7.11 Å². The van der Waals surface area contributed by atoms with Gasteiger partial charge in [-0.2, -0.15) is 0 Å². The number of nitrogens with two attached hydrogens (primary N) is 1. The molecular formula is C16H29N3O. The third kappa shape index (κ3) is 4.76. The van der Waals surface area contributed by atoms with E-state index in [2.05, 4.69) is 36.7 Å². The molecule has 20 heavy (non-hydrogen) atoms. The van der Waals surface area contributed by atoms with Crippen molar-refractivity contribution >= 4 is 0 Å². The van der Waals surface area contributed by atoms with E-state index in [4.69, 9.17) is 10.5 Å². The minimum absolute atomic E-state index is 0.227. The maximum Gasteiger partial charge on any atom is 0.212 e. The van der Waals surface area contributed by atoms with Crippen LogP contribution >= 0.6 is 0 Å². The van der Waals surface area contributed by atoms with E-state index in [0.717, 1.165) is 6.54 Å². The van der Waals surface area contributed by atoms with Crippen molar-refractivity contribution in [3.63, 3.8) is 0 Å². The summed E-state index contributed by atoms with van der Waals surface area (Å²) < 4.78 is 5.11. The van der Waals surface area contributed by atoms with E-state index in [1.54, 1.807) is 7.11 Å². The molecule has 0 aliphatic carbocycles. The van der Waals surface area contributed by atoms with Crippen molar-refractivity contribution in [3.8, 4) is 5.88 Å². The Balaban J connectivity index is 2.82. The second kappa shape index (κ2) is 8.93. The third-order valence-electron chi connectivity index (χ3n) is 3.66. The first-order valence-electron chi connectivity index (χ1n) is 7.59. The van der Waals surface area contributed by atoms with Crippen LogP contribution in [-0.2, 0) is 0 Å². The molecule has 0 saturated heterocycles. The fourth-order valence-corrected chi connectivity index (χ4v) is 2.49. The van der Waals surface area contributed by atoms with Crippen LogP contribution in [0.2, 0.25) is 0 Å². The van der Waals surface area contributed by atoms with E-state index in [1.807, 2.05) is 12.3 Å². The molecule has 1 atom stereocenters. The lowest BCUT2D eigenvalue weighted by molar-refractivity contribution is 0.153. The van der Waals surface area contributed by atoms with Crippen LogP contribution in [-0.4, -0.2) is 36.1 Å². The van der Waals surface area contributed by atoms with Crippen LogP contribution < -0.4 is 10.5 Å². The highest BCUT2D eigenvalue weighted by Crippen LogP contribution is 2.23. The Morgan fingerprint density at radius 1 is 1.30 bits per heavy atom. The quantitative estimate of drug-likeness (QED) is 0.706. The zero-order valence-electron chi connectivity index (χ0n) is 13.3. The average Bonchev–Trinajstić information content (AvgIpc) is 2.47. The smallest absolute Gasteiger partial charge is 0.212 e. The zero-order valence-corrected chi connectivity index (χ0v) is 13.3. The topological polar surface area (TPSA) is 51.4 Å². The van der Waals surface area contributed by atoms with E-state index < -0.39 is 0 Å². The molecule has 0 aliphatic heterocycles. The molecule has 2 N–H and O–H groups in total. The van der Waals surface area contributed by atoms with Crippen molar-refractivity contribution in [2.75, 3.05) is 20.2 Å². The van der Waals surface area contributed by atoms with Gasteiger partial charge < -0.3 is 10.5 Å². The van der Waals surface area contributed by atoms with E-state index in [9.17, 15) is 0 Å². The highest BCUT2D eigenvalue weighted by atomic mass is 16.5. The number of hydrogen-bond acceptors (Lipinski definition) is 4. The van der Waals surface area contributed by atoms with Gasteiger partial charge in [0.1, 0.15) is 0 Å². The fraction of sp³-hybridized carbons (Fsp3) is 0.688. The van der Waals surface area contributed by atoms with E-state index in [0.29, 0.717) is 18.5 Å². The normalized spacial score (nSPS) is 12.9. The molecule has 0 spiro atoms. The van der Waals surface area contributed by atoms with Crippen molar-refractivity contribution in [2.24, 2.45) is 5.73 Å². The Morgan fingerprint density at radius 2 is 2.05 bits per heavy atom. The van der Waals surface area contributed by atoms with Gasteiger partial charge in [0, 0.05) is 30.9 Å². The number of rotatable bonds is 9. The van der Waals surface area contributed by atoms with Crippen molar-refractivity contribution in [1.29, 1.82) is 0 Å². The lowest BCUT2D eigenvalue weighted by Crippen LogP contribution is -2.39. The molecule has 1 heterocycles. The van der Waals surface area contributed by atoms with Gasteiger partial charge in [-0.05, 0) is 32.4 Å². The Hall–Kier alpha value is -1.13. The Labute approximate surface area is 123 Å². The largest absolute Gasteiger partial charge is 0.481 e. The number of aromatic nitrogens is 1. The lowest BCUT2D eigenvalue weighted by atomic mass is 10.0. The zero-order chi connectivity index (χ0) is 15.0. The van der Waals surface area contributed by atoms with Gasteiger partial charge in [0.25, 0.3) is 0 Å². The van der Waals surface area contributed by atoms with Gasteiger partial charge >= 0.3 is 0 Å². The number of ether oxygens (including phenoxy) is 1. The summed E-state index contributed by atoms with van der Waals surface area (Å²) in [4.78, 5) is 6.77. The van der Waals surface area contributed by atoms with Gasteiger partial charge in [-0.3, -0.25) is 4.90 Å². The minimum atomic E-state index is 0.227. The molecule has 0 aliphatic rings. The van der Waals surface area contributed by atoms with Crippen molar-refractivity contribution in [1.82, 2.24) is 9.88 Å². The lowest BCUT2D eigenvalue weighted by Gasteiger charge is -2.34. The molecule has 0 bridgehead atoms. The van der Waals surface area contributed by atoms with Gasteiger partial charge in [0.2, 0.25) is 5.88 Å². The van der Waals surface area contributed by atoms with E-state index in [-0.39, 0.29) is 6.04 Å². The number of unbranched alkanes of at least 4 members (excludes halogenated alkanes) is 2. The van der Waals surface area contributed by atoms with Crippen LogP contribution in [0.5, 0.6) is 5.88 Å². The summed E-state index contributed by atoms with van der Waals surface area (Å²) >= 11 is 0. The van der Waals surface area contributed by atoms with Crippen LogP contribution in [0.25, 0.3) is 0 Å². The van der Waals surface area contributed by atoms with Gasteiger partial charge in [0.15, 0.2) is 0 Å². The Bertz CT molecular complexity index is 364. The first kappa shape index (κ1) is 16.9. The molecule has 1 aromatic rings. The van der Waals surface area contributed by atoms with Gasteiger partial charge in [-0.15, -0.1) is 0 Å². The summed E-state index contributed by atoms with van der Waals surface area (Å²) in [6, 6.07) is 4.67. The predicted octanol–water partition coefficient (Wildman–Crippen LogP) is 2.99.